The summed E-state index contributed by atoms with van der Waals surface area (Å²) in [5.41, 5.74) is -0.866. The summed E-state index contributed by atoms with van der Waals surface area (Å²) < 4.78 is 5.47. The van der Waals surface area contributed by atoms with Crippen molar-refractivity contribution in [1.82, 2.24) is 4.90 Å². The van der Waals surface area contributed by atoms with Crippen LogP contribution in [0, 0.1) is 28.6 Å². The predicted octanol–water partition coefficient (Wildman–Crippen LogP) is 3.31. The Labute approximate surface area is 138 Å². The Balaban J connectivity index is 2.26. The van der Waals surface area contributed by atoms with E-state index in [1.807, 2.05) is 40.7 Å². The number of hydrogen-bond acceptors (Lipinski definition) is 4. The molecule has 0 radical (unpaired) electrons. The molecule has 1 amide bonds. The van der Waals surface area contributed by atoms with Gasteiger partial charge in [0.2, 0.25) is 0 Å². The van der Waals surface area contributed by atoms with E-state index < -0.39 is 11.0 Å². The van der Waals surface area contributed by atoms with Crippen molar-refractivity contribution in [3.8, 4) is 6.07 Å². The van der Waals surface area contributed by atoms with Crippen molar-refractivity contribution >= 4 is 11.9 Å². The lowest BCUT2D eigenvalue weighted by molar-refractivity contribution is -0.127. The number of nitriles is 1. The zero-order valence-corrected chi connectivity index (χ0v) is 14.7. The van der Waals surface area contributed by atoms with Crippen LogP contribution in [-0.4, -0.2) is 35.5 Å². The lowest BCUT2D eigenvalue weighted by Gasteiger charge is -2.40. The molecule has 126 valence electrons. The van der Waals surface area contributed by atoms with E-state index in [0.29, 0.717) is 13.1 Å². The molecule has 1 aliphatic heterocycles. The molecular formula is C18H26N2O3. The highest BCUT2D eigenvalue weighted by atomic mass is 16.6. The van der Waals surface area contributed by atoms with Gasteiger partial charge < -0.3 is 9.64 Å². The van der Waals surface area contributed by atoms with E-state index in [4.69, 9.17) is 4.74 Å². The average molecular weight is 318 g/mol. The van der Waals surface area contributed by atoms with Gasteiger partial charge in [0.15, 0.2) is 5.78 Å². The second-order valence-corrected chi connectivity index (χ2v) is 8.08. The molecular weight excluding hydrogens is 292 g/mol. The third-order valence-corrected chi connectivity index (χ3v) is 4.80. The summed E-state index contributed by atoms with van der Waals surface area (Å²) in [4.78, 5) is 26.5. The Kier molecular flexibility index (Phi) is 4.57. The molecule has 2 unspecified atom stereocenters. The lowest BCUT2D eigenvalue weighted by Crippen LogP contribution is -2.45. The van der Waals surface area contributed by atoms with Crippen molar-refractivity contribution in [2.75, 3.05) is 13.1 Å². The highest BCUT2D eigenvalue weighted by Gasteiger charge is 2.47. The van der Waals surface area contributed by atoms with E-state index in [-0.39, 0.29) is 29.3 Å². The summed E-state index contributed by atoms with van der Waals surface area (Å²) in [5, 5.41) is 9.24. The molecule has 0 N–H and O–H groups in total. The Morgan fingerprint density at radius 3 is 2.65 bits per heavy atom. The number of allylic oxidation sites excluding steroid dienone is 1. The number of ketones is 1. The Bertz CT molecular complexity index is 578. The van der Waals surface area contributed by atoms with Gasteiger partial charge >= 0.3 is 6.09 Å². The molecule has 2 atom stereocenters. The van der Waals surface area contributed by atoms with Crippen molar-refractivity contribution < 1.29 is 14.3 Å². The average Bonchev–Trinajstić information content (AvgIpc) is 2.64. The lowest BCUT2D eigenvalue weighted by atomic mass is 9.62. The molecule has 1 saturated heterocycles. The maximum absolute atomic E-state index is 12.5. The normalized spacial score (nSPS) is 27.4. The highest BCUT2D eigenvalue weighted by Crippen LogP contribution is 2.44. The minimum absolute atomic E-state index is 0.0207. The molecule has 0 spiro atoms. The van der Waals surface area contributed by atoms with Crippen LogP contribution >= 0.6 is 0 Å². The molecule has 0 aromatic rings. The van der Waals surface area contributed by atoms with Crippen molar-refractivity contribution in [3.63, 3.8) is 0 Å². The van der Waals surface area contributed by atoms with E-state index in [1.54, 1.807) is 11.0 Å². The Hall–Kier alpha value is -1.83. The quantitative estimate of drug-likeness (QED) is 0.687. The van der Waals surface area contributed by atoms with E-state index >= 15 is 0 Å². The van der Waals surface area contributed by atoms with Crippen LogP contribution in [0.1, 0.15) is 47.5 Å². The van der Waals surface area contributed by atoms with Gasteiger partial charge in [-0.2, -0.15) is 5.26 Å². The van der Waals surface area contributed by atoms with Gasteiger partial charge in [0.25, 0.3) is 0 Å². The van der Waals surface area contributed by atoms with Crippen LogP contribution in [0.4, 0.5) is 4.79 Å². The first-order chi connectivity index (χ1) is 10.6. The molecule has 0 saturated carbocycles. The van der Waals surface area contributed by atoms with Gasteiger partial charge in [-0.3, -0.25) is 4.79 Å². The van der Waals surface area contributed by atoms with Crippen LogP contribution in [0.5, 0.6) is 0 Å². The van der Waals surface area contributed by atoms with Crippen molar-refractivity contribution in [2.24, 2.45) is 17.3 Å². The molecule has 5 heteroatoms. The van der Waals surface area contributed by atoms with Gasteiger partial charge in [-0.1, -0.05) is 19.9 Å². The molecule has 23 heavy (non-hydrogen) atoms. The maximum Gasteiger partial charge on any atom is 0.410 e. The zero-order chi connectivity index (χ0) is 17.4. The van der Waals surface area contributed by atoms with Crippen molar-refractivity contribution in [1.29, 1.82) is 5.26 Å². The molecule has 0 bridgehead atoms. The maximum atomic E-state index is 12.5. The minimum Gasteiger partial charge on any atom is -0.444 e. The third kappa shape index (κ3) is 3.57. The first-order valence-corrected chi connectivity index (χ1v) is 8.21. The summed E-state index contributed by atoms with van der Waals surface area (Å²) in [5.74, 6) is 0.0962. The number of carbonyl (C=O) groups is 2. The minimum atomic E-state index is -0.561. The number of ether oxygens (including phenoxy) is 1. The Morgan fingerprint density at radius 1 is 1.43 bits per heavy atom. The van der Waals surface area contributed by atoms with E-state index in [1.165, 1.54) is 0 Å². The second-order valence-electron chi connectivity index (χ2n) is 8.08. The number of Topliss-reactive ketones (excluding diaryl/α,β-unsaturated/α-hetero) is 1. The Morgan fingerprint density at radius 2 is 2.09 bits per heavy atom. The molecule has 1 fully saturated rings. The van der Waals surface area contributed by atoms with Gasteiger partial charge in [-0.25, -0.2) is 4.79 Å². The third-order valence-electron chi connectivity index (χ3n) is 4.80. The molecule has 0 aromatic carbocycles. The molecule has 2 rings (SSSR count). The summed E-state index contributed by atoms with van der Waals surface area (Å²) in [6, 6.07) is 2.02. The topological polar surface area (TPSA) is 70.4 Å². The first kappa shape index (κ1) is 17.5. The fraction of sp³-hybridized carbons (Fsp3) is 0.722. The van der Waals surface area contributed by atoms with Crippen molar-refractivity contribution in [2.45, 2.75) is 53.1 Å². The standard InChI is InChI=1S/C18H26N2O3/c1-17(2,3)23-16(22)20-8-6-7-14-13(11-20)9-12(10-19)15(21)18(14,4)5/h9,13-14H,6-8,11H2,1-5H3. The number of hydrogen-bond donors (Lipinski definition) is 0. The number of nitrogens with zero attached hydrogens (tertiary/aromatic N) is 2. The number of fused-ring (bicyclic) bond motifs is 1. The van der Waals surface area contributed by atoms with Gasteiger partial charge in [0, 0.05) is 24.4 Å². The monoisotopic (exact) mass is 318 g/mol. The number of likely N-dealkylation sites (tertiary alicyclic amines) is 1. The molecule has 2 aliphatic rings. The number of carbonyl (C=O) groups excluding carboxylic acids is 2. The van der Waals surface area contributed by atoms with Crippen LogP contribution in [0.2, 0.25) is 0 Å². The fourth-order valence-corrected chi connectivity index (χ4v) is 3.64. The van der Waals surface area contributed by atoms with Gasteiger partial charge in [0.1, 0.15) is 11.7 Å². The molecule has 0 aromatic heterocycles. The summed E-state index contributed by atoms with van der Waals surface area (Å²) in [7, 11) is 0. The fourth-order valence-electron chi connectivity index (χ4n) is 3.64. The van der Waals surface area contributed by atoms with Crippen LogP contribution in [-0.2, 0) is 9.53 Å². The molecule has 1 aliphatic carbocycles. The van der Waals surface area contributed by atoms with Gasteiger partial charge in [-0.05, 0) is 39.5 Å². The predicted molar refractivity (Wildman–Crippen MR) is 86.5 cm³/mol. The summed E-state index contributed by atoms with van der Waals surface area (Å²) >= 11 is 0. The van der Waals surface area contributed by atoms with Crippen LogP contribution < -0.4 is 0 Å². The van der Waals surface area contributed by atoms with E-state index in [2.05, 4.69) is 0 Å². The largest absolute Gasteiger partial charge is 0.444 e. The summed E-state index contributed by atoms with van der Waals surface area (Å²) in [6.45, 7) is 10.5. The molecule has 1 heterocycles. The van der Waals surface area contributed by atoms with E-state index in [0.717, 1.165) is 12.8 Å². The first-order valence-electron chi connectivity index (χ1n) is 8.21. The highest BCUT2D eigenvalue weighted by molar-refractivity contribution is 6.03. The SMILES string of the molecule is CC(C)(C)OC(=O)N1CCCC2C(C=C(C#N)C(=O)C2(C)C)C1. The second kappa shape index (κ2) is 5.99. The van der Waals surface area contributed by atoms with Crippen LogP contribution in [0.15, 0.2) is 11.6 Å². The summed E-state index contributed by atoms with van der Waals surface area (Å²) in [6.07, 6.45) is 3.16. The number of amides is 1. The van der Waals surface area contributed by atoms with Crippen LogP contribution in [0.25, 0.3) is 0 Å². The zero-order valence-electron chi connectivity index (χ0n) is 14.7. The van der Waals surface area contributed by atoms with Crippen LogP contribution in [0.3, 0.4) is 0 Å². The van der Waals surface area contributed by atoms with Gasteiger partial charge in [0.05, 0.1) is 5.57 Å². The smallest absolute Gasteiger partial charge is 0.410 e. The van der Waals surface area contributed by atoms with Gasteiger partial charge in [-0.15, -0.1) is 0 Å². The van der Waals surface area contributed by atoms with Crippen molar-refractivity contribution in [3.05, 3.63) is 11.6 Å². The molecule has 5 nitrogen and oxygen atoms in total. The number of rotatable bonds is 0. The van der Waals surface area contributed by atoms with E-state index in [9.17, 15) is 14.9 Å².